The Hall–Kier alpha value is -4.42. The van der Waals surface area contributed by atoms with Crippen molar-refractivity contribution in [2.75, 3.05) is 11.1 Å². The van der Waals surface area contributed by atoms with Crippen LogP contribution in [0.25, 0.3) is 5.57 Å². The van der Waals surface area contributed by atoms with Crippen molar-refractivity contribution in [3.8, 4) is 6.07 Å². The van der Waals surface area contributed by atoms with E-state index in [0.29, 0.717) is 22.1 Å². The maximum absolute atomic E-state index is 13.0. The van der Waals surface area contributed by atoms with Crippen molar-refractivity contribution in [2.24, 2.45) is 10.2 Å². The first-order chi connectivity index (χ1) is 16.7. The molecule has 9 heteroatoms. The largest absolute Gasteiger partial charge is 0.389 e. The lowest BCUT2D eigenvalue weighted by Gasteiger charge is -2.34. The van der Waals surface area contributed by atoms with Crippen LogP contribution in [0, 0.1) is 11.3 Å². The van der Waals surface area contributed by atoms with Gasteiger partial charge >= 0.3 is 0 Å². The number of H-pyrrole nitrogens is 1. The lowest BCUT2D eigenvalue weighted by Crippen LogP contribution is -2.27. The van der Waals surface area contributed by atoms with Gasteiger partial charge in [-0.05, 0) is 30.5 Å². The molecule has 6 rings (SSSR count). The average Bonchev–Trinajstić information content (AvgIpc) is 3.36. The van der Waals surface area contributed by atoms with Gasteiger partial charge in [0, 0.05) is 21.7 Å². The van der Waals surface area contributed by atoms with Gasteiger partial charge in [-0.1, -0.05) is 48.5 Å². The predicted molar refractivity (Wildman–Crippen MR) is 133 cm³/mol. The number of nitrogens with zero attached hydrogens (tertiary/aromatic N) is 4. The normalized spacial score (nSPS) is 16.5. The summed E-state index contributed by atoms with van der Waals surface area (Å²) in [6, 6.07) is 21.2. The Bertz CT molecular complexity index is 1570. The van der Waals surface area contributed by atoms with Crippen molar-refractivity contribution in [1.29, 1.82) is 5.26 Å². The van der Waals surface area contributed by atoms with Crippen LogP contribution in [0.4, 0.5) is 22.2 Å². The first kappa shape index (κ1) is 20.2. The summed E-state index contributed by atoms with van der Waals surface area (Å²) in [7, 11) is 0. The van der Waals surface area contributed by atoms with Gasteiger partial charge in [0.1, 0.15) is 17.1 Å². The van der Waals surface area contributed by atoms with Crippen molar-refractivity contribution in [2.45, 2.75) is 18.9 Å². The number of benzene rings is 2. The first-order valence-electron chi connectivity index (χ1n) is 10.8. The van der Waals surface area contributed by atoms with E-state index in [-0.39, 0.29) is 17.3 Å². The van der Waals surface area contributed by atoms with Crippen LogP contribution in [0.1, 0.15) is 34.0 Å². The number of nitrogens with two attached hydrogens (primary N) is 1. The van der Waals surface area contributed by atoms with Gasteiger partial charge in [-0.15, -0.1) is 16.5 Å². The Morgan fingerprint density at radius 3 is 2.53 bits per heavy atom. The van der Waals surface area contributed by atoms with E-state index < -0.39 is 0 Å². The quantitative estimate of drug-likeness (QED) is 0.347. The fraction of sp³-hybridized carbons (Fsp3) is 0.120. The predicted octanol–water partition coefficient (Wildman–Crippen LogP) is 5.48. The van der Waals surface area contributed by atoms with Gasteiger partial charge in [-0.25, -0.2) is 0 Å². The number of thiophene rings is 1. The Labute approximate surface area is 198 Å². The SMILES string of the molecule is N#Cc1c(N)sc2c1C1=C(CC2)Nc2c(N=Nc3ccccc3)c(=O)[nH]n2C1c1ccccc1. The van der Waals surface area contributed by atoms with E-state index in [4.69, 9.17) is 5.73 Å². The number of anilines is 2. The molecule has 34 heavy (non-hydrogen) atoms. The van der Waals surface area contributed by atoms with Crippen molar-refractivity contribution in [3.63, 3.8) is 0 Å². The minimum atomic E-state index is -0.346. The van der Waals surface area contributed by atoms with E-state index in [9.17, 15) is 10.1 Å². The third kappa shape index (κ3) is 3.08. The molecule has 1 aliphatic carbocycles. The van der Waals surface area contributed by atoms with E-state index in [1.54, 1.807) is 4.68 Å². The number of rotatable bonds is 3. The number of azo groups is 1. The lowest BCUT2D eigenvalue weighted by atomic mass is 9.83. The highest BCUT2D eigenvalue weighted by Gasteiger charge is 2.38. The van der Waals surface area contributed by atoms with Crippen molar-refractivity contribution >= 4 is 39.1 Å². The summed E-state index contributed by atoms with van der Waals surface area (Å²) in [4.78, 5) is 14.1. The minimum Gasteiger partial charge on any atom is -0.389 e. The molecule has 1 unspecified atom stereocenters. The maximum atomic E-state index is 13.0. The Balaban J connectivity index is 1.56. The van der Waals surface area contributed by atoms with Gasteiger partial charge in [-0.3, -0.25) is 14.6 Å². The number of aryl methyl sites for hydroxylation is 1. The summed E-state index contributed by atoms with van der Waals surface area (Å²) in [5.41, 5.74) is 11.0. The summed E-state index contributed by atoms with van der Waals surface area (Å²) in [5, 5.41) is 25.4. The third-order valence-corrected chi connectivity index (χ3v) is 7.24. The number of nitriles is 1. The fourth-order valence-electron chi connectivity index (χ4n) is 4.70. The van der Waals surface area contributed by atoms with Gasteiger partial charge in [-0.2, -0.15) is 10.4 Å². The third-order valence-electron chi connectivity index (χ3n) is 6.16. The van der Waals surface area contributed by atoms with E-state index in [2.05, 4.69) is 26.7 Å². The summed E-state index contributed by atoms with van der Waals surface area (Å²) < 4.78 is 1.79. The second kappa shape index (κ2) is 7.86. The van der Waals surface area contributed by atoms with Crippen molar-refractivity contribution in [3.05, 3.63) is 98.3 Å². The highest BCUT2D eigenvalue weighted by Crippen LogP contribution is 2.51. The number of nitrogens with one attached hydrogen (secondary N) is 2. The van der Waals surface area contributed by atoms with Crippen LogP contribution >= 0.6 is 11.3 Å². The molecule has 0 spiro atoms. The van der Waals surface area contributed by atoms with E-state index in [1.165, 1.54) is 11.3 Å². The Morgan fingerprint density at radius 2 is 1.79 bits per heavy atom. The van der Waals surface area contributed by atoms with E-state index >= 15 is 0 Å². The second-order valence-corrected chi connectivity index (χ2v) is 9.26. The van der Waals surface area contributed by atoms with Gasteiger partial charge in [0.15, 0.2) is 11.5 Å². The molecular formula is C25H19N7OS. The van der Waals surface area contributed by atoms with E-state index in [0.717, 1.165) is 40.1 Å². The molecule has 0 saturated heterocycles. The molecule has 2 aliphatic rings. The van der Waals surface area contributed by atoms with Crippen LogP contribution in [0.2, 0.25) is 0 Å². The van der Waals surface area contributed by atoms with Crippen molar-refractivity contribution < 1.29 is 0 Å². The average molecular weight is 466 g/mol. The monoisotopic (exact) mass is 465 g/mol. The zero-order valence-electron chi connectivity index (χ0n) is 17.9. The van der Waals surface area contributed by atoms with Crippen molar-refractivity contribution in [1.82, 2.24) is 9.78 Å². The molecule has 8 nitrogen and oxygen atoms in total. The van der Waals surface area contributed by atoms with Gasteiger partial charge in [0.2, 0.25) is 0 Å². The molecule has 4 N–H and O–H groups in total. The molecule has 2 aromatic carbocycles. The molecule has 0 bridgehead atoms. The zero-order chi connectivity index (χ0) is 23.2. The molecule has 1 aliphatic heterocycles. The van der Waals surface area contributed by atoms with Crippen LogP contribution in [0.5, 0.6) is 0 Å². The number of hydrogen-bond donors (Lipinski definition) is 3. The molecule has 0 saturated carbocycles. The number of nitrogen functional groups attached to an aromatic ring is 1. The standard InChI is InChI=1S/C25H19N7OS/c26-13-16-19-18(34-23(16)27)12-11-17-20(19)22(14-7-3-1-4-8-14)32-24(28-17)21(25(33)31-32)30-29-15-9-5-2-6-10-15/h1-10,22,28H,11-12,27H2,(H,31,33). The molecular weight excluding hydrogens is 446 g/mol. The Kier molecular flexibility index (Phi) is 4.67. The fourth-order valence-corrected chi connectivity index (χ4v) is 5.73. The van der Waals surface area contributed by atoms with Gasteiger partial charge < -0.3 is 11.1 Å². The first-order valence-corrected chi connectivity index (χ1v) is 11.6. The lowest BCUT2D eigenvalue weighted by molar-refractivity contribution is 0.606. The summed E-state index contributed by atoms with van der Waals surface area (Å²) >= 11 is 1.47. The summed E-state index contributed by atoms with van der Waals surface area (Å²) in [6.45, 7) is 0. The second-order valence-electron chi connectivity index (χ2n) is 8.13. The van der Waals surface area contributed by atoms with Crippen LogP contribution in [-0.2, 0) is 6.42 Å². The number of hydrogen-bond acceptors (Lipinski definition) is 7. The van der Waals surface area contributed by atoms with Crippen LogP contribution < -0.4 is 16.6 Å². The van der Waals surface area contributed by atoms with Crippen LogP contribution in [0.15, 0.2) is 81.4 Å². The molecule has 1 atom stereocenters. The summed E-state index contributed by atoms with van der Waals surface area (Å²) in [6.07, 6.45) is 1.51. The van der Waals surface area contributed by atoms with Crippen LogP contribution in [-0.4, -0.2) is 9.78 Å². The molecule has 2 aromatic heterocycles. The highest BCUT2D eigenvalue weighted by atomic mass is 32.1. The van der Waals surface area contributed by atoms with Crippen LogP contribution in [0.3, 0.4) is 0 Å². The Morgan fingerprint density at radius 1 is 1.06 bits per heavy atom. The number of allylic oxidation sites excluding steroid dienone is 2. The smallest absolute Gasteiger partial charge is 0.294 e. The molecule has 0 fully saturated rings. The zero-order valence-corrected chi connectivity index (χ0v) is 18.8. The molecule has 0 amide bonds. The molecule has 166 valence electrons. The van der Waals surface area contributed by atoms with E-state index in [1.807, 2.05) is 60.7 Å². The minimum absolute atomic E-state index is 0.215. The highest BCUT2D eigenvalue weighted by molar-refractivity contribution is 7.16. The molecule has 4 aromatic rings. The number of aromatic amines is 1. The number of aromatic nitrogens is 2. The maximum Gasteiger partial charge on any atom is 0.294 e. The number of fused-ring (bicyclic) bond motifs is 3. The molecule has 3 heterocycles. The van der Waals surface area contributed by atoms with Gasteiger partial charge in [0.05, 0.1) is 11.3 Å². The summed E-state index contributed by atoms with van der Waals surface area (Å²) in [5.74, 6) is 0.558. The topological polar surface area (TPSA) is 124 Å². The molecule has 0 radical (unpaired) electrons. The van der Waals surface area contributed by atoms with Gasteiger partial charge in [0.25, 0.3) is 5.56 Å².